The first-order valence-electron chi connectivity index (χ1n) is 9.05. The summed E-state index contributed by atoms with van der Waals surface area (Å²) in [4.78, 5) is 13.0. The lowest BCUT2D eigenvalue weighted by molar-refractivity contribution is 0.0969. The van der Waals surface area contributed by atoms with E-state index < -0.39 is 0 Å². The molecule has 0 unspecified atom stereocenters. The zero-order valence-electron chi connectivity index (χ0n) is 14.9. The fraction of sp³-hybridized carbons (Fsp3) is 0.316. The summed E-state index contributed by atoms with van der Waals surface area (Å²) in [6.07, 6.45) is 1.96. The van der Waals surface area contributed by atoms with Gasteiger partial charge in [-0.05, 0) is 35.9 Å². The fourth-order valence-electron chi connectivity index (χ4n) is 3.51. The van der Waals surface area contributed by atoms with Gasteiger partial charge in [0.1, 0.15) is 10.5 Å². The van der Waals surface area contributed by atoms with E-state index in [0.717, 1.165) is 25.0 Å². The van der Waals surface area contributed by atoms with Crippen molar-refractivity contribution in [3.05, 3.63) is 57.4 Å². The van der Waals surface area contributed by atoms with Crippen molar-refractivity contribution in [1.29, 1.82) is 0 Å². The van der Waals surface area contributed by atoms with Gasteiger partial charge in [-0.1, -0.05) is 30.0 Å². The van der Waals surface area contributed by atoms with Crippen LogP contribution in [0.25, 0.3) is 16.0 Å². The predicted octanol–water partition coefficient (Wildman–Crippen LogP) is 3.72. The summed E-state index contributed by atoms with van der Waals surface area (Å²) in [5.41, 5.74) is 1.33. The van der Waals surface area contributed by atoms with Crippen molar-refractivity contribution in [3.8, 4) is 0 Å². The Balaban J connectivity index is 1.58. The number of thiophene rings is 1. The minimum absolute atomic E-state index is 0.0186. The van der Waals surface area contributed by atoms with Crippen LogP contribution in [0.2, 0.25) is 0 Å². The van der Waals surface area contributed by atoms with Gasteiger partial charge in [0.25, 0.3) is 5.56 Å². The maximum atomic E-state index is 14.0. The van der Waals surface area contributed by atoms with Gasteiger partial charge in [0.15, 0.2) is 5.16 Å². The molecule has 0 N–H and O–H groups in total. The second kappa shape index (κ2) is 7.31. The van der Waals surface area contributed by atoms with Gasteiger partial charge in [0.2, 0.25) is 5.78 Å². The van der Waals surface area contributed by atoms with Gasteiger partial charge in [-0.2, -0.15) is 0 Å². The van der Waals surface area contributed by atoms with Crippen LogP contribution in [0.15, 0.2) is 45.7 Å². The van der Waals surface area contributed by atoms with E-state index in [4.69, 9.17) is 4.74 Å². The van der Waals surface area contributed by atoms with Crippen LogP contribution in [0.5, 0.6) is 0 Å². The molecule has 144 valence electrons. The maximum Gasteiger partial charge on any atom is 0.272 e. The van der Waals surface area contributed by atoms with E-state index in [1.54, 1.807) is 16.7 Å². The van der Waals surface area contributed by atoms with Crippen LogP contribution in [0.1, 0.15) is 18.4 Å². The number of hydrogen-bond donors (Lipinski definition) is 0. The van der Waals surface area contributed by atoms with Crippen molar-refractivity contribution in [2.75, 3.05) is 6.61 Å². The van der Waals surface area contributed by atoms with Crippen molar-refractivity contribution >= 4 is 39.1 Å². The first kappa shape index (κ1) is 17.8. The third-order valence-electron chi connectivity index (χ3n) is 4.91. The lowest BCUT2D eigenvalue weighted by Gasteiger charge is -2.13. The first-order valence-corrected chi connectivity index (χ1v) is 10.9. The molecule has 5 rings (SSSR count). The molecule has 6 nitrogen and oxygen atoms in total. The minimum Gasteiger partial charge on any atom is -0.376 e. The lowest BCUT2D eigenvalue weighted by Crippen LogP contribution is -2.28. The molecule has 1 saturated heterocycles. The highest BCUT2D eigenvalue weighted by atomic mass is 32.2. The highest BCUT2D eigenvalue weighted by molar-refractivity contribution is 7.98. The average molecular weight is 417 g/mol. The van der Waals surface area contributed by atoms with Crippen LogP contribution in [-0.2, 0) is 17.0 Å². The molecule has 9 heteroatoms. The van der Waals surface area contributed by atoms with E-state index >= 15 is 0 Å². The normalized spacial score (nSPS) is 17.1. The van der Waals surface area contributed by atoms with Gasteiger partial charge < -0.3 is 4.74 Å². The largest absolute Gasteiger partial charge is 0.376 e. The van der Waals surface area contributed by atoms with Crippen molar-refractivity contribution in [2.24, 2.45) is 0 Å². The summed E-state index contributed by atoms with van der Waals surface area (Å²) in [5.74, 6) is 0.700. The number of thioether (sulfide) groups is 1. The molecule has 1 fully saturated rings. The van der Waals surface area contributed by atoms with E-state index in [-0.39, 0.29) is 17.5 Å². The summed E-state index contributed by atoms with van der Waals surface area (Å²) < 4.78 is 23.9. The minimum atomic E-state index is -0.236. The molecule has 0 aliphatic carbocycles. The second-order valence-corrected chi connectivity index (χ2v) is 8.54. The molecule has 1 atom stereocenters. The summed E-state index contributed by atoms with van der Waals surface area (Å²) in [6, 6.07) is 8.61. The number of hydrogen-bond acceptors (Lipinski definition) is 6. The molecule has 3 aromatic heterocycles. The monoisotopic (exact) mass is 416 g/mol. The van der Waals surface area contributed by atoms with E-state index in [0.29, 0.717) is 33.5 Å². The summed E-state index contributed by atoms with van der Waals surface area (Å²) in [6.45, 7) is 1.19. The van der Waals surface area contributed by atoms with Crippen LogP contribution in [-0.4, -0.2) is 31.9 Å². The molecule has 0 bridgehead atoms. The van der Waals surface area contributed by atoms with Gasteiger partial charge in [-0.25, -0.2) is 4.39 Å². The molecule has 4 heterocycles. The quantitative estimate of drug-likeness (QED) is 0.464. The van der Waals surface area contributed by atoms with Crippen LogP contribution >= 0.6 is 23.1 Å². The van der Waals surface area contributed by atoms with Crippen LogP contribution in [0.4, 0.5) is 4.39 Å². The van der Waals surface area contributed by atoms with Gasteiger partial charge in [0, 0.05) is 12.4 Å². The summed E-state index contributed by atoms with van der Waals surface area (Å²) >= 11 is 2.82. The topological polar surface area (TPSA) is 61.4 Å². The Bertz CT molecular complexity index is 1210. The first-order chi connectivity index (χ1) is 13.7. The third kappa shape index (κ3) is 3.03. The van der Waals surface area contributed by atoms with Gasteiger partial charge in [-0.15, -0.1) is 21.5 Å². The number of halogens is 1. The summed E-state index contributed by atoms with van der Waals surface area (Å²) in [5, 5.41) is 11.1. The standard InChI is InChI=1S/C19H17FN4O2S2/c20-14-6-2-1-4-12(14)11-28-19-22-21-18-23(10-13-5-3-8-26-13)17(25)16-15(24(18)19)7-9-27-16/h1-2,4,6-7,9,13H,3,5,8,10-11H2/t13-/m0/s1. The Kier molecular flexibility index (Phi) is 4.65. The van der Waals surface area contributed by atoms with Crippen molar-refractivity contribution in [1.82, 2.24) is 19.2 Å². The molecular formula is C19H17FN4O2S2. The number of ether oxygens (including phenoxy) is 1. The Morgan fingerprint density at radius 1 is 1.29 bits per heavy atom. The van der Waals surface area contributed by atoms with Crippen LogP contribution < -0.4 is 5.56 Å². The Labute approximate surface area is 168 Å². The zero-order chi connectivity index (χ0) is 19.1. The number of aromatic nitrogens is 4. The molecule has 4 aromatic rings. The molecule has 0 radical (unpaired) electrons. The molecule has 1 aromatic carbocycles. The Morgan fingerprint density at radius 3 is 3.00 bits per heavy atom. The Hall–Kier alpha value is -2.23. The molecule has 0 amide bonds. The molecular weight excluding hydrogens is 399 g/mol. The number of fused-ring (bicyclic) bond motifs is 3. The number of benzene rings is 1. The molecule has 1 aliphatic rings. The predicted molar refractivity (Wildman–Crippen MR) is 108 cm³/mol. The molecule has 0 saturated carbocycles. The molecule has 0 spiro atoms. The smallest absolute Gasteiger partial charge is 0.272 e. The zero-order valence-corrected chi connectivity index (χ0v) is 16.5. The van der Waals surface area contributed by atoms with Gasteiger partial charge in [0.05, 0.1) is 18.2 Å². The van der Waals surface area contributed by atoms with Gasteiger partial charge in [-0.3, -0.25) is 13.8 Å². The highest BCUT2D eigenvalue weighted by Gasteiger charge is 2.22. The van der Waals surface area contributed by atoms with E-state index in [9.17, 15) is 9.18 Å². The van der Waals surface area contributed by atoms with Crippen molar-refractivity contribution in [2.45, 2.75) is 36.4 Å². The van der Waals surface area contributed by atoms with Crippen LogP contribution in [0, 0.1) is 5.82 Å². The Morgan fingerprint density at radius 2 is 2.18 bits per heavy atom. The number of rotatable bonds is 5. The molecule has 1 aliphatic heterocycles. The van der Waals surface area contributed by atoms with Crippen molar-refractivity contribution in [3.63, 3.8) is 0 Å². The van der Waals surface area contributed by atoms with Crippen molar-refractivity contribution < 1.29 is 9.13 Å². The van der Waals surface area contributed by atoms with E-state index in [1.807, 2.05) is 21.9 Å². The second-order valence-electron chi connectivity index (χ2n) is 6.68. The molecule has 28 heavy (non-hydrogen) atoms. The third-order valence-corrected chi connectivity index (χ3v) is 6.78. The van der Waals surface area contributed by atoms with E-state index in [2.05, 4.69) is 10.2 Å². The fourth-order valence-corrected chi connectivity index (χ4v) is 5.26. The van der Waals surface area contributed by atoms with Crippen LogP contribution in [0.3, 0.4) is 0 Å². The van der Waals surface area contributed by atoms with Gasteiger partial charge >= 0.3 is 0 Å². The maximum absolute atomic E-state index is 14.0. The SMILES string of the molecule is O=c1c2sccc2n2c(SCc3ccccc3F)nnc2n1C[C@@H]1CCCO1. The number of nitrogens with zero attached hydrogens (tertiary/aromatic N) is 4. The average Bonchev–Trinajstić information content (AvgIpc) is 3.44. The lowest BCUT2D eigenvalue weighted by atomic mass is 10.2. The van der Waals surface area contributed by atoms with E-state index in [1.165, 1.54) is 29.2 Å². The summed E-state index contributed by atoms with van der Waals surface area (Å²) in [7, 11) is 0. The highest BCUT2D eigenvalue weighted by Crippen LogP contribution is 2.27.